The van der Waals surface area contributed by atoms with Crippen LogP contribution in [0.4, 0.5) is 0 Å². The van der Waals surface area contributed by atoms with Crippen LogP contribution in [0.5, 0.6) is 0 Å². The van der Waals surface area contributed by atoms with Crippen LogP contribution in [0.15, 0.2) is 443 Å². The quantitative estimate of drug-likeness (QED) is 0.0993. The van der Waals surface area contributed by atoms with E-state index in [1.165, 1.54) is 27.1 Å². The highest BCUT2D eigenvalue weighted by Crippen LogP contribution is 2.46. The lowest BCUT2D eigenvalue weighted by Crippen LogP contribution is -2.02. The molecule has 0 spiro atoms. The minimum absolute atomic E-state index is 0.494. The number of rotatable bonds is 15. The van der Waals surface area contributed by atoms with Crippen molar-refractivity contribution in [3.8, 4) is 142 Å². The molecule has 0 saturated heterocycles. The van der Waals surface area contributed by atoms with E-state index in [-0.39, 0.29) is 0 Å². The summed E-state index contributed by atoms with van der Waals surface area (Å²) in [5.74, 6) is 3.35. The third-order valence-electron chi connectivity index (χ3n) is 25.9. The summed E-state index contributed by atoms with van der Waals surface area (Å²) in [7, 11) is 0. The van der Waals surface area contributed by atoms with Crippen LogP contribution in [0.3, 0.4) is 0 Å². The van der Waals surface area contributed by atoms with Crippen LogP contribution in [-0.4, -0.2) is 62.7 Å². The van der Waals surface area contributed by atoms with Crippen molar-refractivity contribution in [1.29, 1.82) is 0 Å². The van der Waals surface area contributed by atoms with E-state index in [1.807, 2.05) is 146 Å². The largest absolute Gasteiger partial charge is 0.309 e. The maximum atomic E-state index is 5.20. The fourth-order valence-electron chi connectivity index (χ4n) is 19.7. The van der Waals surface area contributed by atoms with Crippen LogP contribution in [0.2, 0.25) is 0 Å². The zero-order valence-electron chi connectivity index (χ0n) is 70.5. The Bertz CT molecular complexity index is 8930. The molecule has 0 amide bonds. The second-order valence-corrected chi connectivity index (χ2v) is 33.5. The van der Waals surface area contributed by atoms with Crippen molar-refractivity contribution < 1.29 is 0 Å². The third kappa shape index (κ3) is 12.6. The number of aromatic nitrogens is 13. The summed E-state index contributed by atoms with van der Waals surface area (Å²) in [5.41, 5.74) is 30.1. The molecule has 17 aromatic carbocycles. The monoisotopic (exact) mass is 1670 g/mol. The van der Waals surface area contributed by atoms with Crippen molar-refractivity contribution in [2.24, 2.45) is 0 Å². The molecule has 9 aromatic heterocycles. The van der Waals surface area contributed by atoms with E-state index in [0.29, 0.717) is 46.3 Å². The lowest BCUT2D eigenvalue weighted by Gasteiger charge is -2.11. The summed E-state index contributed by atoms with van der Waals surface area (Å²) in [5, 5.41) is 11.6. The topological polar surface area (TPSA) is 128 Å². The molecule has 0 unspecified atom stereocenters. The van der Waals surface area contributed by atoms with E-state index in [2.05, 4.69) is 320 Å². The number of pyridine rings is 2. The summed E-state index contributed by atoms with van der Waals surface area (Å²) < 4.78 is 11.9. The number of fused-ring (bicyclic) bond motifs is 15. The predicted molar refractivity (Wildman–Crippen MR) is 535 cm³/mol. The summed E-state index contributed by atoms with van der Waals surface area (Å²) >= 11 is 0. The van der Waals surface area contributed by atoms with Gasteiger partial charge in [-0.1, -0.05) is 273 Å². The second-order valence-electron chi connectivity index (χ2n) is 33.5. The molecule has 0 aliphatic rings. The first-order chi connectivity index (χ1) is 64.9. The standard InChI is InChI=1S/C118H73N13/c1-8-26-74(27-9-1)113-121-114(75-28-10-2-11-29-75)124-117(123-113)101-56-52-89(72-119-101)130-104-43-25-23-41-92(104)96-65-78(49-61-108(96)130)80-47-59-106-97(66-80)93-54-44-84(70-111(93)128(106)87-36-18-6-19-37-87)85-45-55-94-98-67-81(48-60-107(98)129(112(94)71-85)88-38-20-7-21-39-88)83-51-63-110-100(69-83)99-68-82(79-46-58-105-95(64-79)91-40-22-24-42-103(91)127(105)86-34-16-5-17-35-86)50-62-109(99)131(110)90-53-57-102(120-73-90)118-125-115(76-30-12-3-13-31-76)122-116(126-118)77-32-14-4-15-33-77/h1-73H. The van der Waals surface area contributed by atoms with Gasteiger partial charge in [0, 0.05) is 93.2 Å². The molecule has 0 aliphatic heterocycles. The minimum atomic E-state index is 0.494. The van der Waals surface area contributed by atoms with Gasteiger partial charge in [0.2, 0.25) is 0 Å². The number of para-hydroxylation sites is 5. The number of benzene rings is 17. The molecule has 131 heavy (non-hydrogen) atoms. The minimum Gasteiger partial charge on any atom is -0.309 e. The summed E-state index contributed by atoms with van der Waals surface area (Å²) in [6.07, 6.45) is 3.88. The molecule has 26 aromatic rings. The highest BCUT2D eigenvalue weighted by atomic mass is 15.1. The number of nitrogens with zero attached hydrogens (tertiary/aromatic N) is 13. The number of hydrogen-bond acceptors (Lipinski definition) is 8. The molecule has 0 N–H and O–H groups in total. The van der Waals surface area contributed by atoms with Crippen LogP contribution >= 0.6 is 0 Å². The van der Waals surface area contributed by atoms with E-state index in [4.69, 9.17) is 39.9 Å². The van der Waals surface area contributed by atoms with Crippen molar-refractivity contribution in [3.05, 3.63) is 443 Å². The zero-order chi connectivity index (χ0) is 86.1. The third-order valence-corrected chi connectivity index (χ3v) is 25.9. The molecular formula is C118H73N13. The van der Waals surface area contributed by atoms with Gasteiger partial charge in [-0.25, -0.2) is 29.9 Å². The molecule has 9 heterocycles. The lowest BCUT2D eigenvalue weighted by molar-refractivity contribution is 1.05. The van der Waals surface area contributed by atoms with Crippen molar-refractivity contribution in [2.45, 2.75) is 0 Å². The fraction of sp³-hybridized carbons (Fsp3) is 0. The molecule has 0 radical (unpaired) electrons. The van der Waals surface area contributed by atoms with Crippen LogP contribution < -0.4 is 0 Å². The Morgan fingerprint density at radius 3 is 0.626 bits per heavy atom. The van der Waals surface area contributed by atoms with Gasteiger partial charge in [0.25, 0.3) is 0 Å². The van der Waals surface area contributed by atoms with Crippen molar-refractivity contribution >= 4 is 109 Å². The molecular weight excluding hydrogens is 1600 g/mol. The molecule has 0 aliphatic carbocycles. The van der Waals surface area contributed by atoms with Crippen molar-refractivity contribution in [1.82, 2.24) is 62.7 Å². The smallest absolute Gasteiger partial charge is 0.182 e. The van der Waals surface area contributed by atoms with Crippen LogP contribution in [0, 0.1) is 0 Å². The zero-order valence-corrected chi connectivity index (χ0v) is 70.5. The molecule has 610 valence electrons. The van der Waals surface area contributed by atoms with Gasteiger partial charge in [0.15, 0.2) is 34.9 Å². The van der Waals surface area contributed by atoms with Gasteiger partial charge >= 0.3 is 0 Å². The second kappa shape index (κ2) is 30.4. The Labute approximate surface area is 751 Å². The Balaban J connectivity index is 0.569. The summed E-state index contributed by atoms with van der Waals surface area (Å²) in [6, 6.07) is 154. The average Bonchev–Trinajstić information content (AvgIpc) is 1.58. The van der Waals surface area contributed by atoms with E-state index in [0.717, 1.165) is 177 Å². The summed E-state index contributed by atoms with van der Waals surface area (Å²) in [4.78, 5) is 40.2. The van der Waals surface area contributed by atoms with E-state index < -0.39 is 0 Å². The van der Waals surface area contributed by atoms with Crippen LogP contribution in [-0.2, 0) is 0 Å². The first-order valence-corrected chi connectivity index (χ1v) is 44.1. The highest BCUT2D eigenvalue weighted by molar-refractivity contribution is 6.17. The molecule has 13 heteroatoms. The summed E-state index contributed by atoms with van der Waals surface area (Å²) in [6.45, 7) is 0. The van der Waals surface area contributed by atoms with Gasteiger partial charge in [-0.05, 0) is 202 Å². The van der Waals surface area contributed by atoms with Crippen LogP contribution in [0.25, 0.3) is 251 Å². The maximum Gasteiger partial charge on any atom is 0.182 e. The van der Waals surface area contributed by atoms with E-state index >= 15 is 0 Å². The molecule has 0 saturated carbocycles. The first-order valence-electron chi connectivity index (χ1n) is 44.1. The Kier molecular flexibility index (Phi) is 17.3. The SMILES string of the molecule is c1ccc(-c2nc(-c3ccccc3)nc(-c3ccc(-n4c5ccccc5c5cc(-c6ccc7c(c6)c6ccc(-c8ccc9c%10cc(-c%11ccc%12c(c%11)c%11cc(-c%13ccc%14c(c%13)c%13ccccc%13n%14-c%13ccccc%13)ccc%11n%12-c%11ccc(-c%12nc(-c%13ccccc%13)nc(-c%13ccccc%13)n%12)nc%11)ccc%10n(-c%10ccccc%10)c9c8)cc6n7-c6ccccc6)ccc54)cn3)n2)cc1. The Morgan fingerprint density at radius 2 is 0.344 bits per heavy atom. The predicted octanol–water partition coefficient (Wildman–Crippen LogP) is 29.0. The van der Waals surface area contributed by atoms with E-state index in [9.17, 15) is 0 Å². The van der Waals surface area contributed by atoms with Gasteiger partial charge < -0.3 is 22.8 Å². The Hall–Kier alpha value is -17.9. The van der Waals surface area contributed by atoms with Crippen molar-refractivity contribution in [3.63, 3.8) is 0 Å². The highest BCUT2D eigenvalue weighted by Gasteiger charge is 2.25. The lowest BCUT2D eigenvalue weighted by atomic mass is 9.98. The van der Waals surface area contributed by atoms with Crippen LogP contribution in [0.1, 0.15) is 0 Å². The fourth-order valence-corrected chi connectivity index (χ4v) is 19.7. The van der Waals surface area contributed by atoms with E-state index in [1.54, 1.807) is 0 Å². The first kappa shape index (κ1) is 74.5. The normalized spacial score (nSPS) is 11.8. The van der Waals surface area contributed by atoms with Gasteiger partial charge in [0.1, 0.15) is 11.4 Å². The molecule has 13 nitrogen and oxygen atoms in total. The molecule has 0 bridgehead atoms. The van der Waals surface area contributed by atoms with Gasteiger partial charge in [0.05, 0.1) is 78.9 Å². The maximum absolute atomic E-state index is 5.20. The van der Waals surface area contributed by atoms with Gasteiger partial charge in [-0.3, -0.25) is 9.97 Å². The van der Waals surface area contributed by atoms with Crippen molar-refractivity contribution in [2.75, 3.05) is 0 Å². The molecule has 0 atom stereocenters. The molecule has 0 fully saturated rings. The van der Waals surface area contributed by atoms with Gasteiger partial charge in [-0.15, -0.1) is 0 Å². The van der Waals surface area contributed by atoms with Gasteiger partial charge in [-0.2, -0.15) is 0 Å². The average molecular weight is 1670 g/mol. The molecule has 26 rings (SSSR count). The number of hydrogen-bond donors (Lipinski definition) is 0. The Morgan fingerprint density at radius 1 is 0.130 bits per heavy atom.